The lowest BCUT2D eigenvalue weighted by Gasteiger charge is -2.34. The van der Waals surface area contributed by atoms with Gasteiger partial charge in [-0.3, -0.25) is 0 Å². The molecule has 300 valence electrons. The molecule has 12 aromatic rings. The largest absolute Gasteiger partial charge is 0.309 e. The highest BCUT2D eigenvalue weighted by Gasteiger charge is 2.46. The molecule has 10 aromatic carbocycles. The monoisotopic (exact) mass is 814 g/mol. The van der Waals surface area contributed by atoms with Crippen LogP contribution in [0.5, 0.6) is 0 Å². The Kier molecular flexibility index (Phi) is 8.07. The van der Waals surface area contributed by atoms with Crippen LogP contribution in [-0.4, -0.2) is 9.13 Å². The van der Waals surface area contributed by atoms with Gasteiger partial charge in [-0.25, -0.2) is 0 Å². The van der Waals surface area contributed by atoms with Crippen LogP contribution in [0.3, 0.4) is 0 Å². The van der Waals surface area contributed by atoms with E-state index in [1.165, 1.54) is 105 Å². The molecule has 2 heterocycles. The zero-order chi connectivity index (χ0) is 42.4. The van der Waals surface area contributed by atoms with Crippen LogP contribution in [0.2, 0.25) is 0 Å². The molecule has 2 heteroatoms. The quantitative estimate of drug-likeness (QED) is 0.158. The van der Waals surface area contributed by atoms with Crippen LogP contribution in [0.1, 0.15) is 27.8 Å². The summed E-state index contributed by atoms with van der Waals surface area (Å²) in [4.78, 5) is 0. The van der Waals surface area contributed by atoms with E-state index in [4.69, 9.17) is 0 Å². The second-order valence-corrected chi connectivity index (χ2v) is 17.3. The van der Waals surface area contributed by atoms with Crippen molar-refractivity contribution in [2.45, 2.75) is 12.3 Å². The Morgan fingerprint density at radius 2 is 0.734 bits per heavy atom. The summed E-state index contributed by atoms with van der Waals surface area (Å²) < 4.78 is 4.88. The van der Waals surface area contributed by atoms with Crippen molar-refractivity contribution < 1.29 is 0 Å². The van der Waals surface area contributed by atoms with Gasteiger partial charge in [-0.05, 0) is 123 Å². The molecule has 0 atom stereocenters. The van der Waals surface area contributed by atoms with Gasteiger partial charge in [0.2, 0.25) is 0 Å². The molecule has 1 aliphatic rings. The highest BCUT2D eigenvalue weighted by Crippen LogP contribution is 2.56. The van der Waals surface area contributed by atoms with Gasteiger partial charge in [-0.1, -0.05) is 181 Å². The van der Waals surface area contributed by atoms with Crippen molar-refractivity contribution in [3.8, 4) is 44.8 Å². The number of fused-ring (bicyclic) bond motifs is 9. The lowest BCUT2D eigenvalue weighted by Crippen LogP contribution is -2.28. The van der Waals surface area contributed by atoms with Crippen LogP contribution >= 0.6 is 0 Å². The third-order valence-electron chi connectivity index (χ3n) is 13.9. The van der Waals surface area contributed by atoms with Gasteiger partial charge in [-0.15, -0.1) is 0 Å². The summed E-state index contributed by atoms with van der Waals surface area (Å²) in [6, 6.07) is 87.7. The normalized spacial score (nSPS) is 12.9. The maximum Gasteiger partial charge on any atom is 0.0714 e. The van der Waals surface area contributed by atoms with E-state index in [1.807, 2.05) is 0 Å². The predicted octanol–water partition coefficient (Wildman–Crippen LogP) is 15.9. The van der Waals surface area contributed by atoms with E-state index in [2.05, 4.69) is 253 Å². The molecule has 0 N–H and O–H groups in total. The second-order valence-electron chi connectivity index (χ2n) is 17.3. The molecule has 0 fully saturated rings. The minimum Gasteiger partial charge on any atom is -0.309 e. The second kappa shape index (κ2) is 14.2. The lowest BCUT2D eigenvalue weighted by molar-refractivity contribution is 0.767. The molecule has 0 spiro atoms. The first kappa shape index (κ1) is 36.5. The third kappa shape index (κ3) is 5.33. The van der Waals surface area contributed by atoms with Gasteiger partial charge in [0.1, 0.15) is 0 Å². The van der Waals surface area contributed by atoms with E-state index in [0.717, 1.165) is 11.4 Å². The molecule has 2 nitrogen and oxygen atoms in total. The number of nitrogens with zero attached hydrogens (tertiary/aromatic N) is 2. The Labute approximate surface area is 372 Å². The molecule has 0 bridgehead atoms. The van der Waals surface area contributed by atoms with Crippen LogP contribution in [0, 0.1) is 6.92 Å². The fraction of sp³-hybridized carbons (Fsp3) is 0.0323. The van der Waals surface area contributed by atoms with Gasteiger partial charge in [0.25, 0.3) is 0 Å². The molecule has 1 aliphatic carbocycles. The summed E-state index contributed by atoms with van der Waals surface area (Å²) in [6.07, 6.45) is 0. The predicted molar refractivity (Wildman–Crippen MR) is 268 cm³/mol. The van der Waals surface area contributed by atoms with Gasteiger partial charge >= 0.3 is 0 Å². The zero-order valence-electron chi connectivity index (χ0n) is 35.4. The molecule has 0 radical (unpaired) electrons. The molecule has 0 amide bonds. The Hall–Kier alpha value is -8.20. The Balaban J connectivity index is 0.956. The first-order chi connectivity index (χ1) is 31.6. The summed E-state index contributed by atoms with van der Waals surface area (Å²) in [5.41, 5.74) is 20.5. The molecule has 0 saturated carbocycles. The third-order valence-corrected chi connectivity index (χ3v) is 13.9. The maximum atomic E-state index is 2.47. The summed E-state index contributed by atoms with van der Waals surface area (Å²) in [5.74, 6) is 0. The molecule has 64 heavy (non-hydrogen) atoms. The van der Waals surface area contributed by atoms with Crippen molar-refractivity contribution in [1.29, 1.82) is 0 Å². The van der Waals surface area contributed by atoms with Gasteiger partial charge in [0.05, 0.1) is 27.5 Å². The smallest absolute Gasteiger partial charge is 0.0714 e. The van der Waals surface area contributed by atoms with Crippen LogP contribution < -0.4 is 0 Å². The van der Waals surface area contributed by atoms with Crippen LogP contribution in [0.4, 0.5) is 0 Å². The van der Waals surface area contributed by atoms with E-state index in [-0.39, 0.29) is 0 Å². The van der Waals surface area contributed by atoms with Crippen LogP contribution in [0.25, 0.3) is 88.4 Å². The van der Waals surface area contributed by atoms with Gasteiger partial charge in [0, 0.05) is 32.9 Å². The maximum absolute atomic E-state index is 2.47. The lowest BCUT2D eigenvalue weighted by atomic mass is 9.67. The van der Waals surface area contributed by atoms with E-state index in [0.29, 0.717) is 0 Å². The number of benzene rings is 10. The van der Waals surface area contributed by atoms with Crippen molar-refractivity contribution in [1.82, 2.24) is 9.13 Å². The van der Waals surface area contributed by atoms with Gasteiger partial charge in [-0.2, -0.15) is 0 Å². The van der Waals surface area contributed by atoms with E-state index in [1.54, 1.807) is 0 Å². The minimum absolute atomic E-state index is 0.469. The average Bonchev–Trinajstić information content (AvgIpc) is 3.98. The molecular formula is C62H42N2. The van der Waals surface area contributed by atoms with Crippen molar-refractivity contribution in [3.05, 3.63) is 264 Å². The SMILES string of the molecule is Cc1ccc(-c2ccc(-n3c4ccccc4c4cc(-c5ccc6c(c5)c5ccccc5n6-c5ccc6c(c5)C(c5ccccc5)(c5ccccc5)c5ccccc5-6)ccc43)cc2)cc1. The molecular weight excluding hydrogens is 773 g/mol. The molecule has 0 unspecified atom stereocenters. The van der Waals surface area contributed by atoms with Crippen molar-refractivity contribution in [3.63, 3.8) is 0 Å². The minimum atomic E-state index is -0.469. The molecule has 2 aromatic heterocycles. The van der Waals surface area contributed by atoms with E-state index >= 15 is 0 Å². The van der Waals surface area contributed by atoms with E-state index < -0.39 is 5.41 Å². The summed E-state index contributed by atoms with van der Waals surface area (Å²) in [5, 5.41) is 4.98. The van der Waals surface area contributed by atoms with Crippen LogP contribution in [-0.2, 0) is 5.41 Å². The number of para-hydroxylation sites is 2. The Bertz CT molecular complexity index is 3720. The number of hydrogen-bond acceptors (Lipinski definition) is 0. The highest BCUT2D eigenvalue weighted by atomic mass is 15.0. The Morgan fingerprint density at radius 1 is 0.297 bits per heavy atom. The Morgan fingerprint density at radius 3 is 1.33 bits per heavy atom. The summed E-state index contributed by atoms with van der Waals surface area (Å²) in [6.45, 7) is 2.13. The summed E-state index contributed by atoms with van der Waals surface area (Å²) >= 11 is 0. The molecule has 0 saturated heterocycles. The molecule has 0 aliphatic heterocycles. The first-order valence-corrected chi connectivity index (χ1v) is 22.3. The highest BCUT2D eigenvalue weighted by molar-refractivity contribution is 6.13. The number of aromatic nitrogens is 2. The zero-order valence-corrected chi connectivity index (χ0v) is 35.4. The number of rotatable bonds is 6. The molecule has 13 rings (SSSR count). The number of aryl methyl sites for hydroxylation is 1. The summed E-state index contributed by atoms with van der Waals surface area (Å²) in [7, 11) is 0. The first-order valence-electron chi connectivity index (χ1n) is 22.3. The fourth-order valence-electron chi connectivity index (χ4n) is 11.0. The standard InChI is InChI=1S/C62H42N2/c1-41-24-26-42(27-25-41)43-28-32-48(33-29-43)63-58-22-12-9-19-52(58)54-38-44(30-36-60(54)63)45-31-37-61-55(39-45)53-20-10-13-23-59(53)64(61)49-34-35-51-50-18-8-11-21-56(50)62(57(51)40-49,46-14-4-2-5-15-46)47-16-6-3-7-17-47/h2-40H,1H3. The average molecular weight is 815 g/mol. The van der Waals surface area contributed by atoms with Gasteiger partial charge in [0.15, 0.2) is 0 Å². The van der Waals surface area contributed by atoms with Crippen molar-refractivity contribution in [2.75, 3.05) is 0 Å². The van der Waals surface area contributed by atoms with E-state index in [9.17, 15) is 0 Å². The topological polar surface area (TPSA) is 9.86 Å². The van der Waals surface area contributed by atoms with Crippen molar-refractivity contribution >= 4 is 43.6 Å². The number of hydrogen-bond donors (Lipinski definition) is 0. The van der Waals surface area contributed by atoms with Gasteiger partial charge < -0.3 is 9.13 Å². The fourth-order valence-corrected chi connectivity index (χ4v) is 11.0. The van der Waals surface area contributed by atoms with Crippen LogP contribution in [0.15, 0.2) is 237 Å². The van der Waals surface area contributed by atoms with Crippen molar-refractivity contribution in [2.24, 2.45) is 0 Å².